The third-order valence-corrected chi connectivity index (χ3v) is 3.84. The first-order chi connectivity index (χ1) is 10.0. The van der Waals surface area contributed by atoms with Gasteiger partial charge in [-0.3, -0.25) is 14.5 Å². The van der Waals surface area contributed by atoms with Crippen LogP contribution in [0.1, 0.15) is 12.8 Å². The van der Waals surface area contributed by atoms with Gasteiger partial charge in [0.05, 0.1) is 16.8 Å². The molecule has 2 N–H and O–H groups in total. The summed E-state index contributed by atoms with van der Waals surface area (Å²) in [7, 11) is 1.79. The molecule has 1 heterocycles. The number of nitrogens with zero attached hydrogens (tertiary/aromatic N) is 2. The molecule has 7 heteroatoms. The van der Waals surface area contributed by atoms with Crippen LogP contribution in [-0.2, 0) is 9.59 Å². The molecule has 0 unspecified atom stereocenters. The minimum absolute atomic E-state index is 0.115. The van der Waals surface area contributed by atoms with E-state index in [9.17, 15) is 9.59 Å². The summed E-state index contributed by atoms with van der Waals surface area (Å²) in [6, 6.07) is 7.70. The van der Waals surface area contributed by atoms with Gasteiger partial charge in [0.25, 0.3) is 0 Å². The standard InChI is InChI=1S/C14H17N3O3S/c1-17(8-4-7-13(19)20)9-12(18)16-14-15-10-5-2-3-6-11(10)21-14/h2-3,5-6H,4,7-9H2,1H3,(H,19,20)(H,15,16,18). The van der Waals surface area contributed by atoms with E-state index in [0.29, 0.717) is 18.1 Å². The zero-order chi connectivity index (χ0) is 15.2. The van der Waals surface area contributed by atoms with Crippen LogP contribution >= 0.6 is 11.3 Å². The van der Waals surface area contributed by atoms with E-state index in [1.807, 2.05) is 24.3 Å². The molecule has 0 bridgehead atoms. The molecule has 0 fully saturated rings. The monoisotopic (exact) mass is 307 g/mol. The Balaban J connectivity index is 1.82. The van der Waals surface area contributed by atoms with Crippen LogP contribution in [0.5, 0.6) is 0 Å². The average molecular weight is 307 g/mol. The van der Waals surface area contributed by atoms with Crippen molar-refractivity contribution in [1.82, 2.24) is 9.88 Å². The van der Waals surface area contributed by atoms with E-state index in [1.54, 1.807) is 11.9 Å². The maximum absolute atomic E-state index is 11.9. The van der Waals surface area contributed by atoms with Gasteiger partial charge in [-0.05, 0) is 32.1 Å². The quantitative estimate of drug-likeness (QED) is 0.818. The van der Waals surface area contributed by atoms with E-state index in [2.05, 4.69) is 10.3 Å². The van der Waals surface area contributed by atoms with Gasteiger partial charge in [-0.15, -0.1) is 0 Å². The molecule has 2 rings (SSSR count). The highest BCUT2D eigenvalue weighted by molar-refractivity contribution is 7.22. The summed E-state index contributed by atoms with van der Waals surface area (Å²) >= 11 is 1.44. The van der Waals surface area contributed by atoms with Gasteiger partial charge < -0.3 is 10.4 Å². The topological polar surface area (TPSA) is 82.5 Å². The van der Waals surface area contributed by atoms with Crippen molar-refractivity contribution < 1.29 is 14.7 Å². The third-order valence-electron chi connectivity index (χ3n) is 2.88. The smallest absolute Gasteiger partial charge is 0.303 e. The van der Waals surface area contributed by atoms with Gasteiger partial charge in [-0.2, -0.15) is 0 Å². The third kappa shape index (κ3) is 4.80. The van der Waals surface area contributed by atoms with Crippen LogP contribution in [0.15, 0.2) is 24.3 Å². The minimum Gasteiger partial charge on any atom is -0.481 e. The minimum atomic E-state index is -0.817. The van der Waals surface area contributed by atoms with Crippen molar-refractivity contribution in [2.75, 3.05) is 25.5 Å². The van der Waals surface area contributed by atoms with E-state index in [0.717, 1.165) is 10.2 Å². The molecule has 0 aliphatic carbocycles. The molecule has 0 radical (unpaired) electrons. The van der Waals surface area contributed by atoms with Crippen molar-refractivity contribution in [3.63, 3.8) is 0 Å². The fourth-order valence-electron chi connectivity index (χ4n) is 1.91. The lowest BCUT2D eigenvalue weighted by Crippen LogP contribution is -2.31. The SMILES string of the molecule is CN(CCCC(=O)O)CC(=O)Nc1nc2ccccc2s1. The van der Waals surface area contributed by atoms with Crippen molar-refractivity contribution >= 4 is 38.6 Å². The number of carbonyl (C=O) groups excluding carboxylic acids is 1. The van der Waals surface area contributed by atoms with Crippen LogP contribution in [0.2, 0.25) is 0 Å². The number of anilines is 1. The molecule has 0 aliphatic heterocycles. The molecule has 0 aliphatic rings. The molecule has 2 aromatic rings. The molecule has 0 saturated carbocycles. The number of aliphatic carboxylic acids is 1. The number of hydrogen-bond donors (Lipinski definition) is 2. The highest BCUT2D eigenvalue weighted by atomic mass is 32.1. The number of benzene rings is 1. The summed E-state index contributed by atoms with van der Waals surface area (Å²) in [4.78, 5) is 28.5. The molecule has 6 nitrogen and oxygen atoms in total. The first kappa shape index (κ1) is 15.4. The fourth-order valence-corrected chi connectivity index (χ4v) is 2.79. The van der Waals surface area contributed by atoms with Crippen LogP contribution in [0.3, 0.4) is 0 Å². The second-order valence-corrected chi connectivity index (χ2v) is 5.80. The predicted octanol–water partition coefficient (Wildman–Crippen LogP) is 2.03. The first-order valence-corrected chi connectivity index (χ1v) is 7.42. The van der Waals surface area contributed by atoms with Gasteiger partial charge in [0.2, 0.25) is 5.91 Å². The maximum Gasteiger partial charge on any atom is 0.303 e. The van der Waals surface area contributed by atoms with Gasteiger partial charge in [0, 0.05) is 6.42 Å². The number of nitrogens with one attached hydrogen (secondary N) is 1. The Morgan fingerprint density at radius 2 is 2.14 bits per heavy atom. The summed E-state index contributed by atoms with van der Waals surface area (Å²) < 4.78 is 1.03. The molecule has 0 saturated heterocycles. The number of aromatic nitrogens is 1. The lowest BCUT2D eigenvalue weighted by molar-refractivity contribution is -0.137. The van der Waals surface area contributed by atoms with Gasteiger partial charge >= 0.3 is 5.97 Å². The molecule has 21 heavy (non-hydrogen) atoms. The molecule has 1 aromatic heterocycles. The number of thiazole rings is 1. The highest BCUT2D eigenvalue weighted by Crippen LogP contribution is 2.25. The van der Waals surface area contributed by atoms with Crippen molar-refractivity contribution in [1.29, 1.82) is 0 Å². The number of carboxylic acid groups (broad SMARTS) is 1. The Labute approximate surface area is 126 Å². The van der Waals surface area contributed by atoms with Gasteiger partial charge in [-0.1, -0.05) is 23.5 Å². The normalized spacial score (nSPS) is 11.0. The number of likely N-dealkylation sites (N-methyl/N-ethyl adjacent to an activating group) is 1. The van der Waals surface area contributed by atoms with Crippen molar-refractivity contribution in [3.05, 3.63) is 24.3 Å². The summed E-state index contributed by atoms with van der Waals surface area (Å²) in [6.07, 6.45) is 0.643. The van der Waals surface area contributed by atoms with E-state index in [1.165, 1.54) is 11.3 Å². The number of carboxylic acids is 1. The number of fused-ring (bicyclic) bond motifs is 1. The first-order valence-electron chi connectivity index (χ1n) is 6.60. The van der Waals surface area contributed by atoms with Crippen molar-refractivity contribution in [2.45, 2.75) is 12.8 Å². The zero-order valence-corrected chi connectivity index (χ0v) is 12.5. The Morgan fingerprint density at radius 3 is 2.86 bits per heavy atom. The lowest BCUT2D eigenvalue weighted by atomic mass is 10.3. The summed E-state index contributed by atoms with van der Waals surface area (Å²) in [5.74, 6) is -0.964. The van der Waals surface area contributed by atoms with E-state index < -0.39 is 5.97 Å². The maximum atomic E-state index is 11.9. The van der Waals surface area contributed by atoms with Gasteiger partial charge in [0.1, 0.15) is 0 Å². The number of amides is 1. The van der Waals surface area contributed by atoms with E-state index in [-0.39, 0.29) is 18.9 Å². The zero-order valence-electron chi connectivity index (χ0n) is 11.7. The molecule has 0 atom stereocenters. The fraction of sp³-hybridized carbons (Fsp3) is 0.357. The molecule has 1 amide bonds. The average Bonchev–Trinajstić information content (AvgIpc) is 2.79. The van der Waals surface area contributed by atoms with Crippen molar-refractivity contribution in [2.24, 2.45) is 0 Å². The van der Waals surface area contributed by atoms with Crippen LogP contribution in [0.25, 0.3) is 10.2 Å². The molecular weight excluding hydrogens is 290 g/mol. The Bertz CT molecular complexity index is 608. The lowest BCUT2D eigenvalue weighted by Gasteiger charge is -2.14. The van der Waals surface area contributed by atoms with Crippen LogP contribution in [0, 0.1) is 0 Å². The number of rotatable bonds is 7. The number of carbonyl (C=O) groups is 2. The summed E-state index contributed by atoms with van der Waals surface area (Å²) in [5.41, 5.74) is 0.868. The van der Waals surface area contributed by atoms with E-state index in [4.69, 9.17) is 5.11 Å². The Kier molecular flexibility index (Phi) is 5.24. The molecule has 112 valence electrons. The summed E-state index contributed by atoms with van der Waals surface area (Å²) in [6.45, 7) is 0.787. The van der Waals surface area contributed by atoms with Gasteiger partial charge in [-0.25, -0.2) is 4.98 Å². The van der Waals surface area contributed by atoms with Crippen LogP contribution in [0.4, 0.5) is 5.13 Å². The van der Waals surface area contributed by atoms with Crippen LogP contribution < -0.4 is 5.32 Å². The van der Waals surface area contributed by atoms with Crippen LogP contribution in [-0.4, -0.2) is 47.0 Å². The number of para-hydroxylation sites is 1. The summed E-state index contributed by atoms with van der Waals surface area (Å²) in [5, 5.41) is 11.9. The number of hydrogen-bond acceptors (Lipinski definition) is 5. The van der Waals surface area contributed by atoms with Gasteiger partial charge in [0.15, 0.2) is 5.13 Å². The van der Waals surface area contributed by atoms with E-state index >= 15 is 0 Å². The second kappa shape index (κ2) is 7.14. The Morgan fingerprint density at radius 1 is 1.38 bits per heavy atom. The predicted molar refractivity (Wildman–Crippen MR) is 82.6 cm³/mol. The van der Waals surface area contributed by atoms with Crippen molar-refractivity contribution in [3.8, 4) is 0 Å². The Hall–Kier alpha value is -1.99. The highest BCUT2D eigenvalue weighted by Gasteiger charge is 2.10. The second-order valence-electron chi connectivity index (χ2n) is 4.77. The molecular formula is C14H17N3O3S. The molecule has 1 aromatic carbocycles. The largest absolute Gasteiger partial charge is 0.481 e. The molecule has 0 spiro atoms.